The maximum atomic E-state index is 12.5. The van der Waals surface area contributed by atoms with Gasteiger partial charge < -0.3 is 0 Å². The standard InChI is InChI=1S/C17H27NO2/c1-16(2)7-9-17(10-8-16)11-13(19)18-15(20)14(17)12-5-3-4-6-12/h12,14H,3-11H2,1-2H3,(H,18,19,20). The van der Waals surface area contributed by atoms with Gasteiger partial charge in [0.15, 0.2) is 0 Å². The number of carbonyl (C=O) groups excluding carboxylic acids is 2. The fourth-order valence-corrected chi connectivity index (χ4v) is 4.88. The first-order valence-electron chi connectivity index (χ1n) is 8.26. The van der Waals surface area contributed by atoms with Gasteiger partial charge in [0.25, 0.3) is 0 Å². The van der Waals surface area contributed by atoms with Crippen LogP contribution < -0.4 is 5.32 Å². The highest BCUT2D eigenvalue weighted by Gasteiger charge is 2.53. The Hall–Kier alpha value is -0.860. The molecule has 1 N–H and O–H groups in total. The maximum Gasteiger partial charge on any atom is 0.230 e. The van der Waals surface area contributed by atoms with Crippen molar-refractivity contribution < 1.29 is 9.59 Å². The Kier molecular flexibility index (Phi) is 3.42. The van der Waals surface area contributed by atoms with Gasteiger partial charge in [0.1, 0.15) is 0 Å². The van der Waals surface area contributed by atoms with Crippen molar-refractivity contribution >= 4 is 11.8 Å². The second-order valence-corrected chi connectivity index (χ2v) is 8.14. The van der Waals surface area contributed by atoms with Crippen LogP contribution in [0.2, 0.25) is 0 Å². The number of carbonyl (C=O) groups is 2. The highest BCUT2D eigenvalue weighted by atomic mass is 16.2. The average molecular weight is 277 g/mol. The molecule has 1 spiro atoms. The van der Waals surface area contributed by atoms with E-state index in [2.05, 4.69) is 19.2 Å². The number of hydrogen-bond donors (Lipinski definition) is 1. The lowest BCUT2D eigenvalue weighted by molar-refractivity contribution is -0.150. The first kappa shape index (κ1) is 14.1. The lowest BCUT2D eigenvalue weighted by Gasteiger charge is -2.50. The van der Waals surface area contributed by atoms with E-state index in [1.165, 1.54) is 25.7 Å². The van der Waals surface area contributed by atoms with Crippen LogP contribution in [-0.2, 0) is 9.59 Å². The molecule has 2 amide bonds. The number of nitrogens with one attached hydrogen (secondary N) is 1. The van der Waals surface area contributed by atoms with Crippen molar-refractivity contribution in [3.8, 4) is 0 Å². The summed E-state index contributed by atoms with van der Waals surface area (Å²) in [6.07, 6.45) is 9.85. The molecule has 0 aromatic heterocycles. The minimum atomic E-state index is -0.0380. The molecular weight excluding hydrogens is 250 g/mol. The summed E-state index contributed by atoms with van der Waals surface area (Å²) in [6.45, 7) is 4.63. The first-order chi connectivity index (χ1) is 9.42. The van der Waals surface area contributed by atoms with Crippen molar-refractivity contribution in [3.05, 3.63) is 0 Å². The topological polar surface area (TPSA) is 46.2 Å². The zero-order chi connectivity index (χ0) is 14.4. The largest absolute Gasteiger partial charge is 0.296 e. The number of amides is 2. The van der Waals surface area contributed by atoms with Crippen molar-refractivity contribution in [1.82, 2.24) is 5.32 Å². The molecule has 3 nitrogen and oxygen atoms in total. The molecule has 3 rings (SSSR count). The monoisotopic (exact) mass is 277 g/mol. The third-order valence-electron chi connectivity index (χ3n) is 6.19. The van der Waals surface area contributed by atoms with Crippen molar-refractivity contribution in [2.45, 2.75) is 71.6 Å². The number of hydrogen-bond acceptors (Lipinski definition) is 2. The molecule has 2 saturated carbocycles. The normalized spacial score (nSPS) is 33.4. The fraction of sp³-hybridized carbons (Fsp3) is 0.882. The predicted molar refractivity (Wildman–Crippen MR) is 77.9 cm³/mol. The SMILES string of the molecule is CC1(C)CCC2(CC1)CC(=O)NC(=O)C2C1CCCC1. The van der Waals surface area contributed by atoms with Crippen LogP contribution in [-0.4, -0.2) is 11.8 Å². The molecule has 3 heteroatoms. The quantitative estimate of drug-likeness (QED) is 0.746. The molecule has 3 aliphatic rings. The van der Waals surface area contributed by atoms with Crippen LogP contribution >= 0.6 is 0 Å². The first-order valence-corrected chi connectivity index (χ1v) is 8.26. The van der Waals surface area contributed by atoms with Gasteiger partial charge in [0.05, 0.1) is 0 Å². The average Bonchev–Trinajstić information content (AvgIpc) is 2.86. The van der Waals surface area contributed by atoms with Crippen LogP contribution in [0, 0.1) is 22.7 Å². The van der Waals surface area contributed by atoms with Gasteiger partial charge in [0.2, 0.25) is 11.8 Å². The Balaban J connectivity index is 1.87. The number of piperidine rings is 1. The predicted octanol–water partition coefficient (Wildman–Crippen LogP) is 3.43. The maximum absolute atomic E-state index is 12.5. The third kappa shape index (κ3) is 2.40. The Labute approximate surface area is 121 Å². The summed E-state index contributed by atoms with van der Waals surface area (Å²) in [7, 11) is 0. The number of rotatable bonds is 1. The molecule has 0 radical (unpaired) electrons. The van der Waals surface area contributed by atoms with Crippen molar-refractivity contribution in [2.24, 2.45) is 22.7 Å². The van der Waals surface area contributed by atoms with Crippen molar-refractivity contribution in [3.63, 3.8) is 0 Å². The molecule has 0 bridgehead atoms. The van der Waals surface area contributed by atoms with E-state index in [0.717, 1.165) is 25.7 Å². The van der Waals surface area contributed by atoms with Gasteiger partial charge >= 0.3 is 0 Å². The molecule has 1 saturated heterocycles. The Bertz CT molecular complexity index is 411. The molecule has 0 aromatic rings. The van der Waals surface area contributed by atoms with E-state index in [9.17, 15) is 9.59 Å². The van der Waals surface area contributed by atoms with Crippen LogP contribution in [0.4, 0.5) is 0 Å². The zero-order valence-corrected chi connectivity index (χ0v) is 12.8. The third-order valence-corrected chi connectivity index (χ3v) is 6.19. The Morgan fingerprint density at radius 1 is 1.00 bits per heavy atom. The smallest absolute Gasteiger partial charge is 0.230 e. The van der Waals surface area contributed by atoms with Crippen molar-refractivity contribution in [1.29, 1.82) is 0 Å². The summed E-state index contributed by atoms with van der Waals surface area (Å²) in [5.74, 6) is 0.611. The van der Waals surface area contributed by atoms with Gasteiger partial charge in [-0.1, -0.05) is 26.7 Å². The minimum Gasteiger partial charge on any atom is -0.296 e. The van der Waals surface area contributed by atoms with E-state index >= 15 is 0 Å². The second-order valence-electron chi connectivity index (χ2n) is 8.14. The summed E-state index contributed by atoms with van der Waals surface area (Å²) in [5.41, 5.74) is 0.354. The fourth-order valence-electron chi connectivity index (χ4n) is 4.88. The number of imide groups is 1. The summed E-state index contributed by atoms with van der Waals surface area (Å²) < 4.78 is 0. The molecule has 0 aromatic carbocycles. The van der Waals surface area contributed by atoms with Crippen LogP contribution in [0.25, 0.3) is 0 Å². The van der Waals surface area contributed by atoms with E-state index in [-0.39, 0.29) is 23.1 Å². The van der Waals surface area contributed by atoms with Crippen LogP contribution in [0.1, 0.15) is 71.6 Å². The Morgan fingerprint density at radius 3 is 2.20 bits per heavy atom. The second kappa shape index (κ2) is 4.85. The molecule has 1 atom stereocenters. The molecule has 112 valence electrons. The minimum absolute atomic E-state index is 0.0239. The van der Waals surface area contributed by atoms with Crippen LogP contribution in [0.15, 0.2) is 0 Å². The molecule has 1 heterocycles. The molecule has 2 aliphatic carbocycles. The highest BCUT2D eigenvalue weighted by molar-refractivity contribution is 5.99. The van der Waals surface area contributed by atoms with E-state index in [4.69, 9.17) is 0 Å². The lowest BCUT2D eigenvalue weighted by atomic mass is 9.54. The summed E-state index contributed by atoms with van der Waals surface area (Å²) in [5, 5.41) is 2.62. The van der Waals surface area contributed by atoms with Gasteiger partial charge in [-0.2, -0.15) is 0 Å². The molecule has 1 unspecified atom stereocenters. The van der Waals surface area contributed by atoms with Gasteiger partial charge in [-0.25, -0.2) is 0 Å². The summed E-state index contributed by atoms with van der Waals surface area (Å²) in [4.78, 5) is 24.4. The summed E-state index contributed by atoms with van der Waals surface area (Å²) in [6, 6.07) is 0. The van der Waals surface area contributed by atoms with Gasteiger partial charge in [0, 0.05) is 12.3 Å². The summed E-state index contributed by atoms with van der Waals surface area (Å²) >= 11 is 0. The van der Waals surface area contributed by atoms with Gasteiger partial charge in [-0.05, 0) is 55.3 Å². The van der Waals surface area contributed by atoms with E-state index in [1.54, 1.807) is 0 Å². The molecule has 1 aliphatic heterocycles. The van der Waals surface area contributed by atoms with Gasteiger partial charge in [-0.15, -0.1) is 0 Å². The van der Waals surface area contributed by atoms with E-state index < -0.39 is 0 Å². The van der Waals surface area contributed by atoms with E-state index in [1.807, 2.05) is 0 Å². The van der Waals surface area contributed by atoms with E-state index in [0.29, 0.717) is 17.8 Å². The Morgan fingerprint density at radius 2 is 1.60 bits per heavy atom. The van der Waals surface area contributed by atoms with Crippen molar-refractivity contribution in [2.75, 3.05) is 0 Å². The van der Waals surface area contributed by atoms with Gasteiger partial charge in [-0.3, -0.25) is 14.9 Å². The molecular formula is C17H27NO2. The van der Waals surface area contributed by atoms with Crippen LogP contribution in [0.5, 0.6) is 0 Å². The lowest BCUT2D eigenvalue weighted by Crippen LogP contribution is -2.55. The molecule has 3 fully saturated rings. The molecule has 20 heavy (non-hydrogen) atoms. The zero-order valence-electron chi connectivity index (χ0n) is 12.8. The highest BCUT2D eigenvalue weighted by Crippen LogP contribution is 2.56. The van der Waals surface area contributed by atoms with Crippen LogP contribution in [0.3, 0.4) is 0 Å².